The van der Waals surface area contributed by atoms with Gasteiger partial charge in [-0.3, -0.25) is 0 Å². The highest BCUT2D eigenvalue weighted by molar-refractivity contribution is 5.96. The molecule has 2 heteroatoms. The van der Waals surface area contributed by atoms with Gasteiger partial charge in [-0.1, -0.05) is 91.4 Å². The molecule has 0 unspecified atom stereocenters. The Morgan fingerprint density at radius 1 is 0.909 bits per heavy atom. The molecule has 0 heterocycles. The molecule has 2 nitrogen and oxygen atoms in total. The SMILES string of the molecule is C=CC=NC(=NC=C)C(C)(CCCCCC)CCCCCC. The second kappa shape index (κ2) is 13.5. The van der Waals surface area contributed by atoms with Crippen molar-refractivity contribution in [3.8, 4) is 0 Å². The Morgan fingerprint density at radius 3 is 1.86 bits per heavy atom. The minimum Gasteiger partial charge on any atom is -0.241 e. The first-order valence-corrected chi connectivity index (χ1v) is 8.98. The van der Waals surface area contributed by atoms with E-state index in [1.807, 2.05) is 0 Å². The van der Waals surface area contributed by atoms with Crippen LogP contribution in [-0.2, 0) is 0 Å². The van der Waals surface area contributed by atoms with Crippen LogP contribution in [0, 0.1) is 5.41 Å². The summed E-state index contributed by atoms with van der Waals surface area (Å²) in [6.07, 6.45) is 17.7. The molecule has 0 aromatic carbocycles. The quantitative estimate of drug-likeness (QED) is 0.205. The number of unbranched alkanes of at least 4 members (excludes halogenated alkanes) is 6. The smallest absolute Gasteiger partial charge is 0.134 e. The molecule has 0 aliphatic carbocycles. The number of allylic oxidation sites excluding steroid dienone is 1. The molecular weight excluding hydrogens is 268 g/mol. The third-order valence-corrected chi connectivity index (χ3v) is 4.22. The van der Waals surface area contributed by atoms with E-state index in [9.17, 15) is 0 Å². The summed E-state index contributed by atoms with van der Waals surface area (Å²) in [5, 5.41) is 0. The number of hydrogen-bond donors (Lipinski definition) is 0. The van der Waals surface area contributed by atoms with Crippen LogP contribution in [0.25, 0.3) is 0 Å². The van der Waals surface area contributed by atoms with Crippen LogP contribution in [0.2, 0.25) is 0 Å². The van der Waals surface area contributed by atoms with Crippen LogP contribution in [0.4, 0.5) is 0 Å². The number of aliphatic imine (C=N–C) groups is 2. The van der Waals surface area contributed by atoms with Crippen LogP contribution in [0.15, 0.2) is 35.4 Å². The summed E-state index contributed by atoms with van der Waals surface area (Å²) in [5.41, 5.74) is 0.0508. The summed E-state index contributed by atoms with van der Waals surface area (Å²) in [4.78, 5) is 9.00. The van der Waals surface area contributed by atoms with Gasteiger partial charge < -0.3 is 0 Å². The lowest BCUT2D eigenvalue weighted by Gasteiger charge is -2.29. The van der Waals surface area contributed by atoms with Crippen LogP contribution >= 0.6 is 0 Å². The van der Waals surface area contributed by atoms with E-state index < -0.39 is 0 Å². The van der Waals surface area contributed by atoms with Crippen LogP contribution < -0.4 is 0 Å². The number of amidine groups is 1. The lowest BCUT2D eigenvalue weighted by atomic mass is 9.78. The molecule has 0 aromatic heterocycles. The normalized spacial score (nSPS) is 12.8. The lowest BCUT2D eigenvalue weighted by molar-refractivity contribution is 0.355. The molecule has 126 valence electrons. The zero-order chi connectivity index (χ0) is 16.7. The van der Waals surface area contributed by atoms with E-state index in [2.05, 4.69) is 43.9 Å². The fourth-order valence-electron chi connectivity index (χ4n) is 2.79. The van der Waals surface area contributed by atoms with Crippen molar-refractivity contribution in [3.05, 3.63) is 25.4 Å². The van der Waals surface area contributed by atoms with E-state index in [0.717, 1.165) is 18.7 Å². The van der Waals surface area contributed by atoms with Crippen molar-refractivity contribution < 1.29 is 0 Å². The Hall–Kier alpha value is -1.18. The third-order valence-electron chi connectivity index (χ3n) is 4.22. The molecule has 0 saturated carbocycles. The molecule has 0 fully saturated rings. The second-order valence-electron chi connectivity index (χ2n) is 6.33. The Labute approximate surface area is 138 Å². The topological polar surface area (TPSA) is 24.7 Å². The van der Waals surface area contributed by atoms with Gasteiger partial charge in [-0.25, -0.2) is 9.98 Å². The lowest BCUT2D eigenvalue weighted by Crippen LogP contribution is -2.27. The minimum atomic E-state index is 0.0508. The van der Waals surface area contributed by atoms with Gasteiger partial charge in [0.2, 0.25) is 0 Å². The molecule has 0 spiro atoms. The van der Waals surface area contributed by atoms with Crippen molar-refractivity contribution in [2.75, 3.05) is 0 Å². The average molecular weight is 305 g/mol. The van der Waals surface area contributed by atoms with E-state index >= 15 is 0 Å². The molecule has 0 aliphatic rings. The first-order valence-electron chi connectivity index (χ1n) is 8.98. The predicted molar refractivity (Wildman–Crippen MR) is 102 cm³/mol. The fourth-order valence-corrected chi connectivity index (χ4v) is 2.79. The molecule has 0 saturated heterocycles. The second-order valence-corrected chi connectivity index (χ2v) is 6.33. The van der Waals surface area contributed by atoms with Crippen molar-refractivity contribution >= 4 is 12.1 Å². The summed E-state index contributed by atoms with van der Waals surface area (Å²) in [5.74, 6) is 0.912. The Bertz CT molecular complexity index is 341. The maximum absolute atomic E-state index is 4.54. The molecule has 0 radical (unpaired) electrons. The monoisotopic (exact) mass is 304 g/mol. The molecule has 0 aromatic rings. The maximum atomic E-state index is 4.54. The van der Waals surface area contributed by atoms with Gasteiger partial charge in [-0.15, -0.1) is 0 Å². The van der Waals surface area contributed by atoms with Crippen molar-refractivity contribution in [1.82, 2.24) is 0 Å². The van der Waals surface area contributed by atoms with Gasteiger partial charge in [-0.05, 0) is 12.8 Å². The summed E-state index contributed by atoms with van der Waals surface area (Å²) < 4.78 is 0. The Kier molecular flexibility index (Phi) is 12.8. The number of hydrogen-bond acceptors (Lipinski definition) is 1. The van der Waals surface area contributed by atoms with Crippen LogP contribution in [0.5, 0.6) is 0 Å². The summed E-state index contributed by atoms with van der Waals surface area (Å²) in [7, 11) is 0. The van der Waals surface area contributed by atoms with E-state index in [1.54, 1.807) is 18.5 Å². The number of rotatable bonds is 13. The predicted octanol–water partition coefficient (Wildman–Crippen LogP) is 6.73. The molecular formula is C20H36N2. The molecule has 0 amide bonds. The summed E-state index contributed by atoms with van der Waals surface area (Å²) in [6, 6.07) is 0. The Morgan fingerprint density at radius 2 is 1.45 bits per heavy atom. The van der Waals surface area contributed by atoms with Gasteiger partial charge in [0, 0.05) is 17.8 Å². The highest BCUT2D eigenvalue weighted by Crippen LogP contribution is 2.34. The largest absolute Gasteiger partial charge is 0.241 e. The highest BCUT2D eigenvalue weighted by Gasteiger charge is 2.29. The van der Waals surface area contributed by atoms with Crippen molar-refractivity contribution in [1.29, 1.82) is 0 Å². The molecule has 0 aliphatic heterocycles. The van der Waals surface area contributed by atoms with E-state index in [-0.39, 0.29) is 5.41 Å². The first kappa shape index (κ1) is 20.8. The highest BCUT2D eigenvalue weighted by atomic mass is 14.9. The minimum absolute atomic E-state index is 0.0508. The zero-order valence-electron chi connectivity index (χ0n) is 15.1. The zero-order valence-corrected chi connectivity index (χ0v) is 15.1. The van der Waals surface area contributed by atoms with Gasteiger partial charge >= 0.3 is 0 Å². The maximum Gasteiger partial charge on any atom is 0.134 e. The fraction of sp³-hybridized carbons (Fsp3) is 0.700. The van der Waals surface area contributed by atoms with Crippen LogP contribution in [-0.4, -0.2) is 12.1 Å². The van der Waals surface area contributed by atoms with Crippen LogP contribution in [0.3, 0.4) is 0 Å². The summed E-state index contributed by atoms with van der Waals surface area (Å²) >= 11 is 0. The number of nitrogens with zero attached hydrogens (tertiary/aromatic N) is 2. The first-order chi connectivity index (χ1) is 10.6. The molecule has 0 atom stereocenters. The van der Waals surface area contributed by atoms with Crippen LogP contribution in [0.1, 0.15) is 85.0 Å². The van der Waals surface area contributed by atoms with Crippen molar-refractivity contribution in [3.63, 3.8) is 0 Å². The Balaban J connectivity index is 4.91. The standard InChI is InChI=1S/C20H36N2/c1-6-10-12-14-16-20(5,17-15-13-11-7-2)19(21-9-4)22-18-8-3/h8-9,18H,3-4,6-7,10-17H2,1-2,5H3. The van der Waals surface area contributed by atoms with E-state index in [4.69, 9.17) is 0 Å². The van der Waals surface area contributed by atoms with E-state index in [1.165, 1.54) is 51.4 Å². The van der Waals surface area contributed by atoms with Gasteiger partial charge in [0.15, 0.2) is 0 Å². The summed E-state index contributed by atoms with van der Waals surface area (Å²) in [6.45, 7) is 14.3. The van der Waals surface area contributed by atoms with Gasteiger partial charge in [0.25, 0.3) is 0 Å². The van der Waals surface area contributed by atoms with Gasteiger partial charge in [0.1, 0.15) is 5.84 Å². The average Bonchev–Trinajstić information content (AvgIpc) is 2.52. The van der Waals surface area contributed by atoms with Gasteiger partial charge in [-0.2, -0.15) is 0 Å². The molecule has 22 heavy (non-hydrogen) atoms. The van der Waals surface area contributed by atoms with Crippen molar-refractivity contribution in [2.24, 2.45) is 15.4 Å². The van der Waals surface area contributed by atoms with E-state index in [0.29, 0.717) is 0 Å². The van der Waals surface area contributed by atoms with Gasteiger partial charge in [0.05, 0.1) is 0 Å². The third kappa shape index (κ3) is 8.96. The molecule has 0 bridgehead atoms. The van der Waals surface area contributed by atoms with Crippen molar-refractivity contribution in [2.45, 2.75) is 85.0 Å². The molecule has 0 N–H and O–H groups in total. The molecule has 0 rings (SSSR count).